The van der Waals surface area contributed by atoms with Gasteiger partial charge in [0, 0.05) is 23.3 Å². The predicted octanol–water partition coefficient (Wildman–Crippen LogP) is 2.97. The number of nitrogens with zero attached hydrogens (tertiary/aromatic N) is 3. The van der Waals surface area contributed by atoms with Gasteiger partial charge in [0.15, 0.2) is 5.78 Å². The summed E-state index contributed by atoms with van der Waals surface area (Å²) in [4.78, 5) is 15.5. The quantitative estimate of drug-likeness (QED) is 0.893. The zero-order chi connectivity index (χ0) is 19.2. The molecule has 0 aliphatic heterocycles. The Morgan fingerprint density at radius 1 is 0.889 bits per heavy atom. The molecule has 0 saturated heterocycles. The number of hydrogen-bond acceptors (Lipinski definition) is 5. The number of aliphatic hydroxyl groups excluding tert-OH is 1. The third kappa shape index (κ3) is 3.79. The third-order valence-electron chi connectivity index (χ3n) is 4.82. The topological polar surface area (TPSA) is 97.2 Å². The minimum atomic E-state index is 0.0801. The van der Waals surface area contributed by atoms with Gasteiger partial charge in [-0.2, -0.15) is 10.5 Å². The van der Waals surface area contributed by atoms with E-state index in [2.05, 4.69) is 17.1 Å². The monoisotopic (exact) mass is 357 g/mol. The Bertz CT molecular complexity index is 994. The lowest BCUT2D eigenvalue weighted by Crippen LogP contribution is -1.99. The van der Waals surface area contributed by atoms with Crippen molar-refractivity contribution in [3.05, 3.63) is 69.8 Å². The van der Waals surface area contributed by atoms with Crippen LogP contribution in [0.1, 0.15) is 51.0 Å². The fourth-order valence-electron chi connectivity index (χ4n) is 3.55. The van der Waals surface area contributed by atoms with Crippen LogP contribution in [-0.4, -0.2) is 29.8 Å². The molecule has 0 radical (unpaired) electrons. The van der Waals surface area contributed by atoms with Crippen LogP contribution in [0.25, 0.3) is 0 Å². The van der Waals surface area contributed by atoms with Gasteiger partial charge in [0.2, 0.25) is 0 Å². The first-order valence-electron chi connectivity index (χ1n) is 8.91. The molecule has 2 aliphatic carbocycles. The summed E-state index contributed by atoms with van der Waals surface area (Å²) in [7, 11) is 0. The van der Waals surface area contributed by atoms with Crippen LogP contribution >= 0.6 is 0 Å². The highest BCUT2D eigenvalue weighted by atomic mass is 16.3. The van der Waals surface area contributed by atoms with Gasteiger partial charge in [0.25, 0.3) is 0 Å². The number of hydrogen-bond donors (Lipinski definition) is 1. The van der Waals surface area contributed by atoms with Gasteiger partial charge in [0.1, 0.15) is 0 Å². The van der Waals surface area contributed by atoms with E-state index in [0.717, 1.165) is 52.8 Å². The second-order valence-electron chi connectivity index (χ2n) is 6.36. The maximum atomic E-state index is 11.2. The van der Waals surface area contributed by atoms with Crippen molar-refractivity contribution in [3.63, 3.8) is 0 Å². The molecule has 2 aromatic carbocycles. The van der Waals surface area contributed by atoms with Crippen molar-refractivity contribution in [2.45, 2.75) is 25.7 Å². The van der Waals surface area contributed by atoms with E-state index >= 15 is 0 Å². The molecular weight excluding hydrogens is 338 g/mol. The van der Waals surface area contributed by atoms with Gasteiger partial charge in [0.05, 0.1) is 36.4 Å². The number of nitriles is 2. The fourth-order valence-corrected chi connectivity index (χ4v) is 3.55. The lowest BCUT2D eigenvalue weighted by molar-refractivity contribution is 0.0994. The number of carbonyl (C=O) groups is 1. The maximum absolute atomic E-state index is 11.2. The van der Waals surface area contributed by atoms with E-state index in [1.807, 2.05) is 18.2 Å². The van der Waals surface area contributed by atoms with Gasteiger partial charge in [-0.25, -0.2) is 0 Å². The number of aliphatic hydroxyl groups is 1. The van der Waals surface area contributed by atoms with Crippen molar-refractivity contribution >= 4 is 11.5 Å². The molecule has 5 heteroatoms. The summed E-state index contributed by atoms with van der Waals surface area (Å²) in [5.74, 6) is 0.169. The Morgan fingerprint density at radius 2 is 1.48 bits per heavy atom. The second kappa shape index (κ2) is 8.40. The van der Waals surface area contributed by atoms with Gasteiger partial charge in [-0.15, -0.1) is 0 Å². The van der Waals surface area contributed by atoms with Crippen LogP contribution in [-0.2, 0) is 12.8 Å². The minimum Gasteiger partial charge on any atom is -0.394 e. The summed E-state index contributed by atoms with van der Waals surface area (Å²) < 4.78 is 0. The second-order valence-corrected chi connectivity index (χ2v) is 6.36. The summed E-state index contributed by atoms with van der Waals surface area (Å²) in [5, 5.41) is 26.4. The van der Waals surface area contributed by atoms with E-state index in [-0.39, 0.29) is 12.4 Å². The van der Waals surface area contributed by atoms with Crippen LogP contribution in [0, 0.1) is 22.7 Å². The molecule has 0 unspecified atom stereocenters. The van der Waals surface area contributed by atoms with Crippen molar-refractivity contribution in [1.29, 1.82) is 10.5 Å². The Balaban J connectivity index is 0.000000159. The Labute approximate surface area is 158 Å². The highest BCUT2D eigenvalue weighted by molar-refractivity contribution is 6.05. The van der Waals surface area contributed by atoms with Crippen LogP contribution in [0.5, 0.6) is 0 Å². The Kier molecular flexibility index (Phi) is 5.76. The van der Waals surface area contributed by atoms with Crippen LogP contribution in [0.2, 0.25) is 0 Å². The molecule has 0 saturated carbocycles. The summed E-state index contributed by atoms with van der Waals surface area (Å²) in [6, 6.07) is 15.3. The van der Waals surface area contributed by atoms with Crippen molar-refractivity contribution in [1.82, 2.24) is 0 Å². The average molecular weight is 357 g/mol. The molecule has 5 nitrogen and oxygen atoms in total. The van der Waals surface area contributed by atoms with Gasteiger partial charge >= 0.3 is 0 Å². The molecule has 0 atom stereocenters. The first-order valence-corrected chi connectivity index (χ1v) is 8.91. The predicted molar refractivity (Wildman–Crippen MR) is 102 cm³/mol. The number of rotatable bonds is 2. The number of fused-ring (bicyclic) bond motifs is 2. The van der Waals surface area contributed by atoms with E-state index in [9.17, 15) is 4.79 Å². The normalized spacial score (nSPS) is 15.4. The van der Waals surface area contributed by atoms with Crippen molar-refractivity contribution in [2.24, 2.45) is 4.99 Å². The van der Waals surface area contributed by atoms with Crippen LogP contribution in [0.3, 0.4) is 0 Å². The van der Waals surface area contributed by atoms with Gasteiger partial charge in [-0.3, -0.25) is 9.79 Å². The molecule has 4 rings (SSSR count). The SMILES string of the molecule is N#Cc1cccc2c1CCC2=NCCO.N#Cc1cccc2c1CCC2=O. The lowest BCUT2D eigenvalue weighted by Gasteiger charge is -2.01. The van der Waals surface area contributed by atoms with E-state index in [1.54, 1.807) is 18.2 Å². The summed E-state index contributed by atoms with van der Waals surface area (Å²) >= 11 is 0. The molecule has 0 heterocycles. The van der Waals surface area contributed by atoms with Crippen LogP contribution < -0.4 is 0 Å². The summed E-state index contributed by atoms with van der Waals surface area (Å²) in [6.45, 7) is 0.530. The van der Waals surface area contributed by atoms with Gasteiger partial charge in [-0.05, 0) is 42.5 Å². The Morgan fingerprint density at radius 3 is 2.11 bits per heavy atom. The molecule has 2 aliphatic rings. The van der Waals surface area contributed by atoms with Gasteiger partial charge < -0.3 is 5.11 Å². The molecule has 0 fully saturated rings. The molecule has 0 amide bonds. The van der Waals surface area contributed by atoms with E-state index in [0.29, 0.717) is 18.5 Å². The first-order chi connectivity index (χ1) is 13.2. The highest BCUT2D eigenvalue weighted by Crippen LogP contribution is 2.26. The molecule has 0 bridgehead atoms. The summed E-state index contributed by atoms with van der Waals surface area (Å²) in [6.07, 6.45) is 3.07. The standard InChI is InChI=1S/C12H12N2O.C10H7NO/c13-8-9-2-1-3-11-10(9)4-5-12(11)14-6-7-15;11-6-7-2-1-3-9-8(7)4-5-10(9)12/h1-3,15H,4-7H2;1-3H,4-5H2. The lowest BCUT2D eigenvalue weighted by atomic mass is 10.0. The largest absolute Gasteiger partial charge is 0.394 e. The molecular formula is C22H19N3O2. The molecule has 134 valence electrons. The molecule has 1 N–H and O–H groups in total. The minimum absolute atomic E-state index is 0.0801. The fraction of sp³-hybridized carbons (Fsp3) is 0.273. The number of benzene rings is 2. The maximum Gasteiger partial charge on any atom is 0.163 e. The van der Waals surface area contributed by atoms with Crippen molar-refractivity contribution in [3.8, 4) is 12.1 Å². The van der Waals surface area contributed by atoms with E-state index in [1.165, 1.54) is 0 Å². The number of ketones is 1. The zero-order valence-electron chi connectivity index (χ0n) is 14.9. The number of carbonyl (C=O) groups excluding carboxylic acids is 1. The third-order valence-corrected chi connectivity index (χ3v) is 4.82. The molecule has 27 heavy (non-hydrogen) atoms. The Hall–Kier alpha value is -3.28. The first kappa shape index (κ1) is 18.5. The van der Waals surface area contributed by atoms with Crippen molar-refractivity contribution < 1.29 is 9.90 Å². The van der Waals surface area contributed by atoms with E-state index in [4.69, 9.17) is 15.6 Å². The van der Waals surface area contributed by atoms with Crippen molar-refractivity contribution in [2.75, 3.05) is 13.2 Å². The highest BCUT2D eigenvalue weighted by Gasteiger charge is 2.21. The molecule has 0 aromatic heterocycles. The van der Waals surface area contributed by atoms with Crippen LogP contribution in [0.15, 0.2) is 41.4 Å². The van der Waals surface area contributed by atoms with Crippen LogP contribution in [0.4, 0.5) is 0 Å². The number of Topliss-reactive ketones (excluding diaryl/α,β-unsaturated/α-hetero) is 1. The molecule has 2 aromatic rings. The molecule has 0 spiro atoms. The summed E-state index contributed by atoms with van der Waals surface area (Å²) in [5.41, 5.74) is 6.30. The zero-order valence-corrected chi connectivity index (χ0v) is 14.9. The average Bonchev–Trinajstić information content (AvgIpc) is 3.30. The smallest absolute Gasteiger partial charge is 0.163 e. The van der Waals surface area contributed by atoms with E-state index < -0.39 is 0 Å². The van der Waals surface area contributed by atoms with Gasteiger partial charge in [-0.1, -0.05) is 24.3 Å². The number of aliphatic imine (C=N–C) groups is 1.